The van der Waals surface area contributed by atoms with Gasteiger partial charge in [0.25, 0.3) is 0 Å². The molecule has 1 aliphatic heterocycles. The summed E-state index contributed by atoms with van der Waals surface area (Å²) in [5.41, 5.74) is 0.980. The number of hydrogen-bond acceptors (Lipinski definition) is 3. The minimum absolute atomic E-state index is 0. The van der Waals surface area contributed by atoms with Crippen LogP contribution in [0.4, 0.5) is 0 Å². The normalized spacial score (nSPS) is 17.0. The summed E-state index contributed by atoms with van der Waals surface area (Å²) in [5.74, 6) is -0.141. The lowest BCUT2D eigenvalue weighted by atomic mass is 10.0. The molecule has 0 spiro atoms. The average molecular weight is 362 g/mol. The number of amides is 2. The molecule has 0 radical (unpaired) electrons. The zero-order valence-electron chi connectivity index (χ0n) is 14.3. The first-order chi connectivity index (χ1) is 11.6. The van der Waals surface area contributed by atoms with Crippen molar-refractivity contribution in [1.82, 2.24) is 15.5 Å². The highest BCUT2D eigenvalue weighted by atomic mass is 35.5. The average Bonchev–Trinajstić information content (AvgIpc) is 2.60. The summed E-state index contributed by atoms with van der Waals surface area (Å²) in [4.78, 5) is 26.3. The maximum atomic E-state index is 12.3. The second-order valence-corrected chi connectivity index (χ2v) is 6.23. The largest absolute Gasteiger partial charge is 0.347 e. The Morgan fingerprint density at radius 2 is 1.96 bits per heavy atom. The third kappa shape index (κ3) is 4.71. The smallest absolute Gasteiger partial charge is 0.242 e. The van der Waals surface area contributed by atoms with Crippen molar-refractivity contribution in [1.29, 1.82) is 0 Å². The summed E-state index contributed by atoms with van der Waals surface area (Å²) >= 11 is 0. The van der Waals surface area contributed by atoms with E-state index in [1.807, 2.05) is 54.3 Å². The van der Waals surface area contributed by atoms with Crippen LogP contribution in [-0.4, -0.2) is 48.9 Å². The first-order valence-corrected chi connectivity index (χ1v) is 8.38. The fraction of sp³-hybridized carbons (Fsp3) is 0.368. The number of halogens is 1. The van der Waals surface area contributed by atoms with Crippen LogP contribution in [0.15, 0.2) is 42.5 Å². The monoisotopic (exact) mass is 361 g/mol. The van der Waals surface area contributed by atoms with Gasteiger partial charge < -0.3 is 15.5 Å². The van der Waals surface area contributed by atoms with Crippen LogP contribution >= 0.6 is 12.4 Å². The van der Waals surface area contributed by atoms with E-state index in [4.69, 9.17) is 0 Å². The van der Waals surface area contributed by atoms with Gasteiger partial charge in [0.2, 0.25) is 11.8 Å². The van der Waals surface area contributed by atoms with Crippen LogP contribution in [0.2, 0.25) is 0 Å². The molecule has 25 heavy (non-hydrogen) atoms. The van der Waals surface area contributed by atoms with Crippen molar-refractivity contribution in [2.45, 2.75) is 19.4 Å². The second-order valence-electron chi connectivity index (χ2n) is 6.23. The van der Waals surface area contributed by atoms with E-state index in [-0.39, 0.29) is 43.2 Å². The fourth-order valence-corrected chi connectivity index (χ4v) is 3.17. The van der Waals surface area contributed by atoms with Crippen LogP contribution < -0.4 is 10.6 Å². The van der Waals surface area contributed by atoms with Crippen molar-refractivity contribution in [3.8, 4) is 0 Å². The number of hydrogen-bond donors (Lipinski definition) is 2. The molecule has 3 rings (SSSR count). The van der Waals surface area contributed by atoms with E-state index in [1.54, 1.807) is 0 Å². The molecule has 2 amide bonds. The Labute approximate surface area is 154 Å². The molecule has 1 saturated heterocycles. The Morgan fingerprint density at radius 1 is 1.20 bits per heavy atom. The first-order valence-electron chi connectivity index (χ1n) is 8.38. The molecule has 0 aliphatic carbocycles. The summed E-state index contributed by atoms with van der Waals surface area (Å²) in [6, 6.07) is 14.1. The summed E-state index contributed by atoms with van der Waals surface area (Å²) in [7, 11) is 0. The van der Waals surface area contributed by atoms with Gasteiger partial charge in [-0.15, -0.1) is 12.4 Å². The molecular formula is C19H24ClN3O2. The number of fused-ring (bicyclic) bond motifs is 1. The Kier molecular flexibility index (Phi) is 6.79. The van der Waals surface area contributed by atoms with Crippen molar-refractivity contribution >= 4 is 35.0 Å². The van der Waals surface area contributed by atoms with Crippen LogP contribution in [0.25, 0.3) is 10.8 Å². The van der Waals surface area contributed by atoms with Crippen LogP contribution in [0.3, 0.4) is 0 Å². The number of benzene rings is 2. The molecule has 2 N–H and O–H groups in total. The molecule has 1 fully saturated rings. The SMILES string of the molecule is C[C@@H]1CNCCN1C(=O)CNC(=O)Cc1cccc2ccccc12.Cl. The van der Waals surface area contributed by atoms with Crippen molar-refractivity contribution in [3.63, 3.8) is 0 Å². The van der Waals surface area contributed by atoms with Crippen LogP contribution in [0.1, 0.15) is 12.5 Å². The minimum atomic E-state index is -0.123. The molecule has 2 aromatic carbocycles. The highest BCUT2D eigenvalue weighted by Gasteiger charge is 2.22. The van der Waals surface area contributed by atoms with Gasteiger partial charge >= 0.3 is 0 Å². The maximum Gasteiger partial charge on any atom is 0.242 e. The summed E-state index contributed by atoms with van der Waals surface area (Å²) in [6.45, 7) is 4.38. The lowest BCUT2D eigenvalue weighted by molar-refractivity contribution is -0.135. The van der Waals surface area contributed by atoms with Crippen molar-refractivity contribution in [3.05, 3.63) is 48.0 Å². The molecule has 0 saturated carbocycles. The van der Waals surface area contributed by atoms with Crippen LogP contribution in [0, 0.1) is 0 Å². The van der Waals surface area contributed by atoms with E-state index in [1.165, 1.54) is 0 Å². The number of rotatable bonds is 4. The highest BCUT2D eigenvalue weighted by Crippen LogP contribution is 2.18. The third-order valence-corrected chi connectivity index (χ3v) is 4.49. The summed E-state index contributed by atoms with van der Waals surface area (Å²) in [6.07, 6.45) is 0.283. The third-order valence-electron chi connectivity index (χ3n) is 4.49. The first kappa shape index (κ1) is 19.2. The lowest BCUT2D eigenvalue weighted by Crippen LogP contribution is -2.54. The van der Waals surface area contributed by atoms with Gasteiger partial charge in [0.15, 0.2) is 0 Å². The molecule has 1 aliphatic rings. The predicted molar refractivity (Wildman–Crippen MR) is 102 cm³/mol. The molecule has 0 aromatic heterocycles. The van der Waals surface area contributed by atoms with Gasteiger partial charge in [-0.1, -0.05) is 42.5 Å². The van der Waals surface area contributed by atoms with Crippen molar-refractivity contribution in [2.75, 3.05) is 26.2 Å². The number of carbonyl (C=O) groups excluding carboxylic acids is 2. The van der Waals surface area contributed by atoms with Crippen LogP contribution in [-0.2, 0) is 16.0 Å². The zero-order chi connectivity index (χ0) is 16.9. The predicted octanol–water partition coefficient (Wildman–Crippen LogP) is 1.74. The number of nitrogens with one attached hydrogen (secondary N) is 2. The molecule has 1 heterocycles. The topological polar surface area (TPSA) is 61.4 Å². The zero-order valence-corrected chi connectivity index (χ0v) is 15.1. The highest BCUT2D eigenvalue weighted by molar-refractivity contribution is 5.91. The molecule has 134 valence electrons. The van der Waals surface area contributed by atoms with Gasteiger partial charge in [-0.05, 0) is 23.3 Å². The van der Waals surface area contributed by atoms with Gasteiger partial charge in [-0.2, -0.15) is 0 Å². The molecule has 1 atom stereocenters. The fourth-order valence-electron chi connectivity index (χ4n) is 3.17. The molecule has 0 unspecified atom stereocenters. The quantitative estimate of drug-likeness (QED) is 0.872. The minimum Gasteiger partial charge on any atom is -0.347 e. The van der Waals surface area contributed by atoms with Gasteiger partial charge in [0, 0.05) is 25.7 Å². The van der Waals surface area contributed by atoms with E-state index >= 15 is 0 Å². The number of piperazine rings is 1. The van der Waals surface area contributed by atoms with Gasteiger partial charge in [-0.25, -0.2) is 0 Å². The Morgan fingerprint density at radius 3 is 2.76 bits per heavy atom. The molecule has 5 nitrogen and oxygen atoms in total. The molecule has 2 aromatic rings. The number of nitrogens with zero attached hydrogens (tertiary/aromatic N) is 1. The Hall–Kier alpha value is -2.11. The van der Waals surface area contributed by atoms with Crippen LogP contribution in [0.5, 0.6) is 0 Å². The molecule has 0 bridgehead atoms. The van der Waals surface area contributed by atoms with E-state index in [0.29, 0.717) is 6.54 Å². The van der Waals surface area contributed by atoms with E-state index < -0.39 is 0 Å². The molecular weight excluding hydrogens is 338 g/mol. The van der Waals surface area contributed by atoms with Gasteiger partial charge in [0.05, 0.1) is 13.0 Å². The van der Waals surface area contributed by atoms with Gasteiger partial charge in [0.1, 0.15) is 0 Å². The standard InChI is InChI=1S/C19H23N3O2.ClH/c1-14-12-20-9-10-22(14)19(24)13-21-18(23)11-16-7-4-6-15-5-2-3-8-17(15)16;/h2-8,14,20H,9-13H2,1H3,(H,21,23);1H/t14-;/m1./s1. The lowest BCUT2D eigenvalue weighted by Gasteiger charge is -2.34. The number of carbonyl (C=O) groups is 2. The van der Waals surface area contributed by atoms with E-state index in [2.05, 4.69) is 10.6 Å². The van der Waals surface area contributed by atoms with Gasteiger partial charge in [-0.3, -0.25) is 9.59 Å². The van der Waals surface area contributed by atoms with Crippen molar-refractivity contribution < 1.29 is 9.59 Å². The van der Waals surface area contributed by atoms with E-state index in [0.717, 1.165) is 29.4 Å². The maximum absolute atomic E-state index is 12.3. The second kappa shape index (κ2) is 8.83. The Balaban J connectivity index is 0.00000225. The summed E-state index contributed by atoms with van der Waals surface area (Å²) in [5, 5.41) is 8.22. The Bertz CT molecular complexity index is 745. The van der Waals surface area contributed by atoms with E-state index in [9.17, 15) is 9.59 Å². The molecule has 6 heteroatoms. The summed E-state index contributed by atoms with van der Waals surface area (Å²) < 4.78 is 0. The van der Waals surface area contributed by atoms with Crippen molar-refractivity contribution in [2.24, 2.45) is 0 Å².